The molecule has 4 aromatic rings. The molecule has 136 valence electrons. The Kier molecular flexibility index (Phi) is 3.62. The van der Waals surface area contributed by atoms with Crippen LogP contribution in [-0.2, 0) is 0 Å². The van der Waals surface area contributed by atoms with Gasteiger partial charge in [0.1, 0.15) is 11.4 Å². The second-order valence-corrected chi connectivity index (χ2v) is 6.64. The number of hydrogen-bond acceptors (Lipinski definition) is 3. The number of amides is 1. The van der Waals surface area contributed by atoms with Gasteiger partial charge in [-0.05, 0) is 35.9 Å². The van der Waals surface area contributed by atoms with Gasteiger partial charge in [-0.1, -0.05) is 48.5 Å². The molecule has 1 atom stereocenters. The quantitative estimate of drug-likeness (QED) is 0.514. The van der Waals surface area contributed by atoms with Gasteiger partial charge in [-0.3, -0.25) is 14.5 Å². The lowest BCUT2D eigenvalue weighted by Crippen LogP contribution is -2.29. The van der Waals surface area contributed by atoms with E-state index in [2.05, 4.69) is 0 Å². The molecule has 0 saturated heterocycles. The van der Waals surface area contributed by atoms with Gasteiger partial charge in [0.25, 0.3) is 5.91 Å². The number of para-hydroxylation sites is 1. The summed E-state index contributed by atoms with van der Waals surface area (Å²) in [7, 11) is 0. The first-order chi connectivity index (χ1) is 13.6. The molecule has 0 radical (unpaired) electrons. The summed E-state index contributed by atoms with van der Waals surface area (Å²) in [5.41, 5.74) is 1.47. The average molecular weight is 371 g/mol. The molecule has 0 fully saturated rings. The van der Waals surface area contributed by atoms with Crippen molar-refractivity contribution in [2.75, 3.05) is 4.90 Å². The fourth-order valence-corrected chi connectivity index (χ4v) is 3.75. The first-order valence-corrected chi connectivity index (χ1v) is 8.85. The maximum atomic E-state index is 13.7. The molecule has 1 aliphatic heterocycles. The van der Waals surface area contributed by atoms with E-state index in [0.29, 0.717) is 5.69 Å². The van der Waals surface area contributed by atoms with Crippen LogP contribution in [0, 0.1) is 5.82 Å². The van der Waals surface area contributed by atoms with E-state index in [-0.39, 0.29) is 22.3 Å². The first kappa shape index (κ1) is 16.4. The largest absolute Gasteiger partial charge is 0.450 e. The first-order valence-electron chi connectivity index (χ1n) is 8.85. The van der Waals surface area contributed by atoms with Crippen molar-refractivity contribution >= 4 is 22.6 Å². The molecule has 0 spiro atoms. The molecule has 2 heterocycles. The minimum absolute atomic E-state index is 0.00168. The Labute approximate surface area is 159 Å². The van der Waals surface area contributed by atoms with Crippen molar-refractivity contribution in [3.63, 3.8) is 0 Å². The molecule has 1 aromatic heterocycles. The molecule has 5 rings (SSSR count). The van der Waals surface area contributed by atoms with Crippen LogP contribution in [0.5, 0.6) is 0 Å². The average Bonchev–Trinajstić information content (AvgIpc) is 3.03. The molecule has 5 heteroatoms. The molecule has 1 aliphatic rings. The number of carbonyl (C=O) groups is 1. The van der Waals surface area contributed by atoms with Crippen LogP contribution in [0.25, 0.3) is 11.0 Å². The summed E-state index contributed by atoms with van der Waals surface area (Å²) in [6, 6.07) is 21.5. The van der Waals surface area contributed by atoms with E-state index in [1.54, 1.807) is 4.90 Å². The predicted octanol–water partition coefficient (Wildman–Crippen LogP) is 4.68. The van der Waals surface area contributed by atoms with E-state index in [1.165, 1.54) is 12.1 Å². The van der Waals surface area contributed by atoms with Gasteiger partial charge in [0.2, 0.25) is 5.76 Å². The minimum Gasteiger partial charge on any atom is -0.450 e. The zero-order valence-corrected chi connectivity index (χ0v) is 14.6. The van der Waals surface area contributed by atoms with Crippen LogP contribution in [0.4, 0.5) is 10.1 Å². The lowest BCUT2D eigenvalue weighted by Gasteiger charge is -2.25. The van der Waals surface area contributed by atoms with Crippen LogP contribution in [0.1, 0.15) is 27.7 Å². The Morgan fingerprint density at radius 1 is 0.857 bits per heavy atom. The van der Waals surface area contributed by atoms with E-state index in [9.17, 15) is 14.0 Å². The highest BCUT2D eigenvalue weighted by Gasteiger charge is 2.43. The highest BCUT2D eigenvalue weighted by molar-refractivity contribution is 6.10. The number of anilines is 1. The number of halogens is 1. The van der Waals surface area contributed by atoms with Crippen LogP contribution < -0.4 is 10.3 Å². The number of nitrogens with zero attached hydrogens (tertiary/aromatic N) is 1. The molecule has 4 nitrogen and oxygen atoms in total. The third-order valence-electron chi connectivity index (χ3n) is 4.98. The molecule has 1 unspecified atom stereocenters. The third kappa shape index (κ3) is 2.36. The van der Waals surface area contributed by atoms with Crippen molar-refractivity contribution in [2.24, 2.45) is 0 Å². The fraction of sp³-hybridized carbons (Fsp3) is 0.0435. The summed E-state index contributed by atoms with van der Waals surface area (Å²) in [6.45, 7) is 0. The number of carbonyl (C=O) groups excluding carboxylic acids is 1. The van der Waals surface area contributed by atoms with Crippen LogP contribution in [0.2, 0.25) is 0 Å². The van der Waals surface area contributed by atoms with Crippen molar-refractivity contribution in [2.45, 2.75) is 6.04 Å². The number of rotatable bonds is 2. The van der Waals surface area contributed by atoms with Gasteiger partial charge in [-0.15, -0.1) is 0 Å². The molecular formula is C23H14FNO3. The second kappa shape index (κ2) is 6.16. The summed E-state index contributed by atoms with van der Waals surface area (Å²) >= 11 is 0. The summed E-state index contributed by atoms with van der Waals surface area (Å²) in [5.74, 6) is -0.916. The summed E-state index contributed by atoms with van der Waals surface area (Å²) < 4.78 is 19.5. The SMILES string of the molecule is O=C1c2oc3ccc(F)cc3c(=O)c2C(c2ccccc2)N1c1ccccc1. The monoisotopic (exact) mass is 371 g/mol. The smallest absolute Gasteiger partial charge is 0.295 e. The van der Waals surface area contributed by atoms with Gasteiger partial charge >= 0.3 is 0 Å². The molecule has 0 saturated carbocycles. The van der Waals surface area contributed by atoms with Crippen LogP contribution in [0.3, 0.4) is 0 Å². The van der Waals surface area contributed by atoms with Crippen molar-refractivity contribution in [1.82, 2.24) is 0 Å². The molecule has 0 bridgehead atoms. The topological polar surface area (TPSA) is 50.5 Å². The molecule has 28 heavy (non-hydrogen) atoms. The van der Waals surface area contributed by atoms with Crippen molar-refractivity contribution in [3.8, 4) is 0 Å². The Balaban J connectivity index is 1.84. The Hall–Kier alpha value is -3.73. The Bertz CT molecular complexity index is 1270. The van der Waals surface area contributed by atoms with E-state index in [1.807, 2.05) is 60.7 Å². The highest BCUT2D eigenvalue weighted by atomic mass is 19.1. The van der Waals surface area contributed by atoms with Crippen LogP contribution in [0.15, 0.2) is 88.1 Å². The number of benzene rings is 3. The second-order valence-electron chi connectivity index (χ2n) is 6.64. The molecule has 0 aliphatic carbocycles. The zero-order valence-electron chi connectivity index (χ0n) is 14.6. The zero-order chi connectivity index (χ0) is 19.3. The molecule has 0 N–H and O–H groups in total. The number of fused-ring (bicyclic) bond motifs is 2. The van der Waals surface area contributed by atoms with Gasteiger partial charge in [-0.25, -0.2) is 4.39 Å². The van der Waals surface area contributed by atoms with E-state index >= 15 is 0 Å². The predicted molar refractivity (Wildman–Crippen MR) is 104 cm³/mol. The number of hydrogen-bond donors (Lipinski definition) is 0. The van der Waals surface area contributed by atoms with Gasteiger partial charge in [0, 0.05) is 5.69 Å². The van der Waals surface area contributed by atoms with Gasteiger partial charge in [-0.2, -0.15) is 0 Å². The minimum atomic E-state index is -0.644. The molecular weight excluding hydrogens is 357 g/mol. The Morgan fingerprint density at radius 2 is 1.54 bits per heavy atom. The fourth-order valence-electron chi connectivity index (χ4n) is 3.75. The lowest BCUT2D eigenvalue weighted by molar-refractivity contribution is 0.0971. The normalized spacial score (nSPS) is 15.8. The highest BCUT2D eigenvalue weighted by Crippen LogP contribution is 2.40. The summed E-state index contributed by atoms with van der Waals surface area (Å²) in [4.78, 5) is 28.1. The summed E-state index contributed by atoms with van der Waals surface area (Å²) in [6.07, 6.45) is 0. The van der Waals surface area contributed by atoms with Crippen LogP contribution in [-0.4, -0.2) is 5.91 Å². The van der Waals surface area contributed by atoms with E-state index in [4.69, 9.17) is 4.42 Å². The van der Waals surface area contributed by atoms with E-state index in [0.717, 1.165) is 11.6 Å². The standard InChI is InChI=1S/C23H14FNO3/c24-15-11-12-18-17(13-15)21(26)19-20(14-7-3-1-4-8-14)25(23(27)22(19)28-18)16-9-5-2-6-10-16/h1-13,20H. The van der Waals surface area contributed by atoms with Crippen LogP contribution >= 0.6 is 0 Å². The van der Waals surface area contributed by atoms with Crippen molar-refractivity contribution in [1.29, 1.82) is 0 Å². The third-order valence-corrected chi connectivity index (χ3v) is 4.98. The van der Waals surface area contributed by atoms with Crippen molar-refractivity contribution < 1.29 is 13.6 Å². The maximum absolute atomic E-state index is 13.7. The van der Waals surface area contributed by atoms with Gasteiger partial charge in [0.05, 0.1) is 17.0 Å². The van der Waals surface area contributed by atoms with Gasteiger partial charge < -0.3 is 4.42 Å². The van der Waals surface area contributed by atoms with E-state index < -0.39 is 23.2 Å². The molecule has 1 amide bonds. The summed E-state index contributed by atoms with van der Waals surface area (Å²) in [5, 5.41) is 0.127. The lowest BCUT2D eigenvalue weighted by atomic mass is 9.98. The van der Waals surface area contributed by atoms with Gasteiger partial charge in [0.15, 0.2) is 5.43 Å². The Morgan fingerprint density at radius 3 is 2.25 bits per heavy atom. The van der Waals surface area contributed by atoms with Crippen molar-refractivity contribution in [3.05, 3.63) is 112 Å². The maximum Gasteiger partial charge on any atom is 0.295 e. The molecule has 3 aromatic carbocycles.